The predicted molar refractivity (Wildman–Crippen MR) is 67.3 cm³/mol. The van der Waals surface area contributed by atoms with Crippen LogP contribution in [-0.4, -0.2) is 22.7 Å². The summed E-state index contributed by atoms with van der Waals surface area (Å²) in [4.78, 5) is 15.5. The van der Waals surface area contributed by atoms with Crippen molar-refractivity contribution in [3.8, 4) is 16.9 Å². The topological polar surface area (TPSA) is 59.4 Å². The highest BCUT2D eigenvalue weighted by Gasteiger charge is 2.12. The van der Waals surface area contributed by atoms with E-state index in [4.69, 9.17) is 4.74 Å². The second-order valence-corrected chi connectivity index (χ2v) is 3.69. The standard InChI is InChI=1S/C14H13NO3/c1-2-18-14(17)12-6-5-10(8-13(12)16)11-4-3-7-15-9-11/h3-9,16H,2H2,1H3. The van der Waals surface area contributed by atoms with E-state index in [-0.39, 0.29) is 17.9 Å². The molecule has 0 radical (unpaired) electrons. The molecule has 92 valence electrons. The van der Waals surface area contributed by atoms with Gasteiger partial charge < -0.3 is 9.84 Å². The van der Waals surface area contributed by atoms with Crippen molar-refractivity contribution in [3.63, 3.8) is 0 Å². The Labute approximate surface area is 105 Å². The third-order valence-corrected chi connectivity index (χ3v) is 2.49. The third-order valence-electron chi connectivity index (χ3n) is 2.49. The van der Waals surface area contributed by atoms with Gasteiger partial charge in [0.1, 0.15) is 11.3 Å². The van der Waals surface area contributed by atoms with E-state index in [2.05, 4.69) is 4.98 Å². The number of nitrogens with zero attached hydrogens (tertiary/aromatic N) is 1. The lowest BCUT2D eigenvalue weighted by Crippen LogP contribution is -2.04. The van der Waals surface area contributed by atoms with Gasteiger partial charge in [-0.15, -0.1) is 0 Å². The minimum absolute atomic E-state index is 0.0881. The lowest BCUT2D eigenvalue weighted by molar-refractivity contribution is 0.0523. The minimum Gasteiger partial charge on any atom is -0.507 e. The van der Waals surface area contributed by atoms with E-state index in [1.807, 2.05) is 12.1 Å². The maximum atomic E-state index is 11.5. The van der Waals surface area contributed by atoms with E-state index in [1.54, 1.807) is 31.5 Å². The number of rotatable bonds is 3. The molecule has 0 amide bonds. The smallest absolute Gasteiger partial charge is 0.341 e. The maximum Gasteiger partial charge on any atom is 0.341 e. The number of phenols is 1. The number of aromatic nitrogens is 1. The molecule has 0 aliphatic rings. The summed E-state index contributed by atoms with van der Waals surface area (Å²) in [5.41, 5.74) is 1.85. The average molecular weight is 243 g/mol. The molecule has 2 rings (SSSR count). The van der Waals surface area contributed by atoms with Crippen LogP contribution < -0.4 is 0 Å². The first-order valence-electron chi connectivity index (χ1n) is 5.63. The van der Waals surface area contributed by atoms with Crippen LogP contribution in [0.25, 0.3) is 11.1 Å². The Bertz CT molecular complexity index is 552. The largest absolute Gasteiger partial charge is 0.507 e. The number of benzene rings is 1. The Morgan fingerprint density at radius 2 is 2.17 bits per heavy atom. The van der Waals surface area contributed by atoms with E-state index in [0.717, 1.165) is 11.1 Å². The number of phenolic OH excluding ortho intramolecular Hbond substituents is 1. The third kappa shape index (κ3) is 2.48. The van der Waals surface area contributed by atoms with Crippen LogP contribution in [0.2, 0.25) is 0 Å². The van der Waals surface area contributed by atoms with Crippen molar-refractivity contribution in [3.05, 3.63) is 48.3 Å². The molecule has 0 saturated carbocycles. The van der Waals surface area contributed by atoms with Crippen molar-refractivity contribution in [2.45, 2.75) is 6.92 Å². The van der Waals surface area contributed by atoms with Gasteiger partial charge in [0.25, 0.3) is 0 Å². The fourth-order valence-electron chi connectivity index (χ4n) is 1.63. The molecular formula is C14H13NO3. The van der Waals surface area contributed by atoms with Crippen LogP contribution in [0.1, 0.15) is 17.3 Å². The Hall–Kier alpha value is -2.36. The van der Waals surface area contributed by atoms with Crippen molar-refractivity contribution in [1.29, 1.82) is 0 Å². The Morgan fingerprint density at radius 1 is 1.33 bits per heavy atom. The first kappa shape index (κ1) is 12.1. The second kappa shape index (κ2) is 5.31. The lowest BCUT2D eigenvalue weighted by atomic mass is 10.0. The normalized spacial score (nSPS) is 10.1. The minimum atomic E-state index is -0.521. The van der Waals surface area contributed by atoms with Crippen molar-refractivity contribution < 1.29 is 14.6 Å². The first-order valence-corrected chi connectivity index (χ1v) is 5.63. The van der Waals surface area contributed by atoms with Gasteiger partial charge >= 0.3 is 5.97 Å². The fraction of sp³-hybridized carbons (Fsp3) is 0.143. The molecule has 1 N–H and O–H groups in total. The molecule has 1 aromatic heterocycles. The molecule has 0 fully saturated rings. The van der Waals surface area contributed by atoms with Crippen molar-refractivity contribution in [2.75, 3.05) is 6.61 Å². The fourth-order valence-corrected chi connectivity index (χ4v) is 1.63. The van der Waals surface area contributed by atoms with Gasteiger partial charge in [0, 0.05) is 18.0 Å². The number of carbonyl (C=O) groups excluding carboxylic acids is 1. The van der Waals surface area contributed by atoms with Crippen LogP contribution in [-0.2, 0) is 4.74 Å². The molecule has 18 heavy (non-hydrogen) atoms. The molecule has 0 aliphatic carbocycles. The average Bonchev–Trinajstić information content (AvgIpc) is 2.40. The number of aromatic hydroxyl groups is 1. The van der Waals surface area contributed by atoms with E-state index in [9.17, 15) is 9.90 Å². The molecule has 4 nitrogen and oxygen atoms in total. The summed E-state index contributed by atoms with van der Waals surface area (Å²) in [6, 6.07) is 8.53. The van der Waals surface area contributed by atoms with Crippen LogP contribution >= 0.6 is 0 Å². The van der Waals surface area contributed by atoms with E-state index in [0.29, 0.717) is 0 Å². The first-order chi connectivity index (χ1) is 8.72. The highest BCUT2D eigenvalue weighted by Crippen LogP contribution is 2.26. The van der Waals surface area contributed by atoms with Gasteiger partial charge in [0.05, 0.1) is 6.61 Å². The Balaban J connectivity index is 2.34. The summed E-state index contributed by atoms with van der Waals surface area (Å²) in [6.07, 6.45) is 3.37. The molecule has 0 aliphatic heterocycles. The highest BCUT2D eigenvalue weighted by molar-refractivity contribution is 5.93. The van der Waals surface area contributed by atoms with Crippen LogP contribution in [0.3, 0.4) is 0 Å². The molecular weight excluding hydrogens is 230 g/mol. The van der Waals surface area contributed by atoms with Gasteiger partial charge in [-0.3, -0.25) is 4.98 Å². The molecule has 4 heteroatoms. The number of hydrogen-bond acceptors (Lipinski definition) is 4. The Morgan fingerprint density at radius 3 is 2.78 bits per heavy atom. The molecule has 0 saturated heterocycles. The number of ether oxygens (including phenoxy) is 1. The predicted octanol–water partition coefficient (Wildman–Crippen LogP) is 2.63. The zero-order valence-corrected chi connectivity index (χ0v) is 9.96. The summed E-state index contributed by atoms with van der Waals surface area (Å²) in [5, 5.41) is 9.83. The van der Waals surface area contributed by atoms with Crippen LogP contribution in [0, 0.1) is 0 Å². The molecule has 0 spiro atoms. The van der Waals surface area contributed by atoms with Gasteiger partial charge in [-0.2, -0.15) is 0 Å². The van der Waals surface area contributed by atoms with Crippen LogP contribution in [0.15, 0.2) is 42.7 Å². The summed E-state index contributed by atoms with van der Waals surface area (Å²) in [7, 11) is 0. The number of pyridine rings is 1. The van der Waals surface area contributed by atoms with Crippen molar-refractivity contribution in [2.24, 2.45) is 0 Å². The van der Waals surface area contributed by atoms with Gasteiger partial charge in [0.2, 0.25) is 0 Å². The highest BCUT2D eigenvalue weighted by atomic mass is 16.5. The molecule has 0 bridgehead atoms. The number of carbonyl (C=O) groups is 1. The van der Waals surface area contributed by atoms with Gasteiger partial charge in [0.15, 0.2) is 0 Å². The second-order valence-electron chi connectivity index (χ2n) is 3.69. The molecule has 0 atom stereocenters. The van der Waals surface area contributed by atoms with Crippen molar-refractivity contribution in [1.82, 2.24) is 4.98 Å². The number of hydrogen-bond donors (Lipinski definition) is 1. The summed E-state index contributed by atoms with van der Waals surface area (Å²) in [5.74, 6) is -0.609. The van der Waals surface area contributed by atoms with Crippen molar-refractivity contribution >= 4 is 5.97 Å². The van der Waals surface area contributed by atoms with Gasteiger partial charge in [-0.1, -0.05) is 12.1 Å². The molecule has 1 aromatic carbocycles. The molecule has 0 unspecified atom stereocenters. The maximum absolute atomic E-state index is 11.5. The molecule has 1 heterocycles. The number of esters is 1. The summed E-state index contributed by atoms with van der Waals surface area (Å²) < 4.78 is 4.84. The summed E-state index contributed by atoms with van der Waals surface area (Å²) in [6.45, 7) is 2.00. The van der Waals surface area contributed by atoms with E-state index >= 15 is 0 Å². The Kier molecular flexibility index (Phi) is 3.57. The molecule has 2 aromatic rings. The van der Waals surface area contributed by atoms with Gasteiger partial charge in [-0.25, -0.2) is 4.79 Å². The van der Waals surface area contributed by atoms with Gasteiger partial charge in [-0.05, 0) is 30.7 Å². The quantitative estimate of drug-likeness (QED) is 0.842. The summed E-state index contributed by atoms with van der Waals surface area (Å²) >= 11 is 0. The van der Waals surface area contributed by atoms with E-state index in [1.165, 1.54) is 6.07 Å². The lowest BCUT2D eigenvalue weighted by Gasteiger charge is -2.06. The van der Waals surface area contributed by atoms with Crippen LogP contribution in [0.5, 0.6) is 5.75 Å². The SMILES string of the molecule is CCOC(=O)c1ccc(-c2cccnc2)cc1O. The van der Waals surface area contributed by atoms with E-state index < -0.39 is 5.97 Å². The zero-order chi connectivity index (χ0) is 13.0. The van der Waals surface area contributed by atoms with Crippen LogP contribution in [0.4, 0.5) is 0 Å². The monoisotopic (exact) mass is 243 g/mol. The zero-order valence-electron chi connectivity index (χ0n) is 9.96.